The average molecular weight is 553 g/mol. The number of nitrogens with one attached hydrogen (secondary N) is 2. The van der Waals surface area contributed by atoms with Crippen LogP contribution < -0.4 is 10.6 Å². The van der Waals surface area contributed by atoms with Crippen molar-refractivity contribution in [1.82, 2.24) is 10.6 Å². The molecule has 0 atom stereocenters. The molecule has 6 nitrogen and oxygen atoms in total. The molecule has 0 aromatic heterocycles. The molecular formula is C33H64N2O4. The van der Waals surface area contributed by atoms with E-state index in [9.17, 15) is 14.4 Å². The molecule has 0 aliphatic rings. The SMILES string of the molecule is CCCCCCCCCCCCCCCCCCC(=O)CNC(=O)NCC(=O)OCCCCCCCCCC. The summed E-state index contributed by atoms with van der Waals surface area (Å²) >= 11 is 0. The van der Waals surface area contributed by atoms with Gasteiger partial charge in [0.05, 0.1) is 13.2 Å². The number of unbranched alkanes of at least 4 members (excludes halogenated alkanes) is 22. The van der Waals surface area contributed by atoms with Crippen molar-refractivity contribution >= 4 is 17.8 Å². The number of ketones is 1. The van der Waals surface area contributed by atoms with E-state index in [2.05, 4.69) is 24.5 Å². The summed E-state index contributed by atoms with van der Waals surface area (Å²) in [5, 5.41) is 5.01. The van der Waals surface area contributed by atoms with Gasteiger partial charge in [-0.2, -0.15) is 0 Å². The van der Waals surface area contributed by atoms with Gasteiger partial charge in [-0.1, -0.05) is 155 Å². The highest BCUT2D eigenvalue weighted by molar-refractivity contribution is 5.86. The molecule has 0 fully saturated rings. The largest absolute Gasteiger partial charge is 0.464 e. The summed E-state index contributed by atoms with van der Waals surface area (Å²) in [5.74, 6) is -0.402. The Bertz CT molecular complexity index is 568. The minimum Gasteiger partial charge on any atom is -0.464 e. The number of carbonyl (C=O) groups is 3. The summed E-state index contributed by atoms with van der Waals surface area (Å²) in [4.78, 5) is 35.6. The summed E-state index contributed by atoms with van der Waals surface area (Å²) in [6, 6.07) is -0.501. The predicted octanol–water partition coefficient (Wildman–Crippen LogP) is 9.19. The van der Waals surface area contributed by atoms with E-state index < -0.39 is 12.0 Å². The topological polar surface area (TPSA) is 84.5 Å². The second kappa shape index (κ2) is 30.9. The third kappa shape index (κ3) is 30.8. The Morgan fingerprint density at radius 2 is 0.821 bits per heavy atom. The lowest BCUT2D eigenvalue weighted by atomic mass is 10.0. The monoisotopic (exact) mass is 552 g/mol. The molecule has 0 saturated carbocycles. The van der Waals surface area contributed by atoms with Gasteiger partial charge >= 0.3 is 12.0 Å². The van der Waals surface area contributed by atoms with Crippen LogP contribution in [0.5, 0.6) is 0 Å². The first-order chi connectivity index (χ1) is 19.1. The zero-order valence-electron chi connectivity index (χ0n) is 25.9. The molecule has 0 aliphatic heterocycles. The lowest BCUT2D eigenvalue weighted by molar-refractivity contribution is -0.142. The van der Waals surface area contributed by atoms with Crippen LogP contribution in [0.4, 0.5) is 4.79 Å². The smallest absolute Gasteiger partial charge is 0.325 e. The molecule has 0 aliphatic carbocycles. The molecule has 2 N–H and O–H groups in total. The molecule has 0 unspecified atom stereocenters. The van der Waals surface area contributed by atoms with Crippen LogP contribution in [0.15, 0.2) is 0 Å². The van der Waals surface area contributed by atoms with Crippen LogP contribution in [0.2, 0.25) is 0 Å². The average Bonchev–Trinajstić information content (AvgIpc) is 2.93. The van der Waals surface area contributed by atoms with Crippen LogP contribution in [0.1, 0.15) is 174 Å². The first-order valence-electron chi connectivity index (χ1n) is 16.8. The molecule has 0 aromatic rings. The molecule has 0 saturated heterocycles. The highest BCUT2D eigenvalue weighted by Crippen LogP contribution is 2.14. The summed E-state index contributed by atoms with van der Waals surface area (Å²) in [7, 11) is 0. The lowest BCUT2D eigenvalue weighted by Gasteiger charge is -2.08. The summed E-state index contributed by atoms with van der Waals surface area (Å²) < 4.78 is 5.16. The van der Waals surface area contributed by atoms with Crippen LogP contribution in [-0.4, -0.2) is 37.5 Å². The maximum atomic E-state index is 12.0. The highest BCUT2D eigenvalue weighted by atomic mass is 16.5. The van der Waals surface area contributed by atoms with Crippen molar-refractivity contribution in [3.8, 4) is 0 Å². The van der Waals surface area contributed by atoms with E-state index in [-0.39, 0.29) is 18.9 Å². The fourth-order valence-corrected chi connectivity index (χ4v) is 4.83. The van der Waals surface area contributed by atoms with Gasteiger partial charge in [0.2, 0.25) is 0 Å². The van der Waals surface area contributed by atoms with Crippen LogP contribution in [0, 0.1) is 0 Å². The minimum absolute atomic E-state index is 0.0118. The van der Waals surface area contributed by atoms with Crippen molar-refractivity contribution in [3.63, 3.8) is 0 Å². The van der Waals surface area contributed by atoms with E-state index in [4.69, 9.17) is 4.74 Å². The van der Waals surface area contributed by atoms with Crippen molar-refractivity contribution in [1.29, 1.82) is 0 Å². The van der Waals surface area contributed by atoms with Gasteiger partial charge < -0.3 is 15.4 Å². The van der Waals surface area contributed by atoms with Crippen LogP contribution in [-0.2, 0) is 14.3 Å². The minimum atomic E-state index is -0.501. The zero-order chi connectivity index (χ0) is 28.7. The van der Waals surface area contributed by atoms with Gasteiger partial charge in [0.25, 0.3) is 0 Å². The van der Waals surface area contributed by atoms with E-state index in [1.165, 1.54) is 128 Å². The van der Waals surface area contributed by atoms with Gasteiger partial charge in [0.1, 0.15) is 6.54 Å². The molecule has 0 aromatic carbocycles. The van der Waals surface area contributed by atoms with Gasteiger partial charge in [-0.15, -0.1) is 0 Å². The first kappa shape index (κ1) is 37.4. The number of amides is 2. The molecule has 230 valence electrons. The normalized spacial score (nSPS) is 10.9. The molecular weight excluding hydrogens is 488 g/mol. The van der Waals surface area contributed by atoms with E-state index in [0.717, 1.165) is 25.7 Å². The lowest BCUT2D eigenvalue weighted by Crippen LogP contribution is -2.41. The third-order valence-electron chi connectivity index (χ3n) is 7.41. The number of esters is 1. The Hall–Kier alpha value is -1.59. The van der Waals surface area contributed by atoms with Crippen molar-refractivity contribution < 1.29 is 19.1 Å². The van der Waals surface area contributed by atoms with Crippen LogP contribution >= 0.6 is 0 Å². The second-order valence-electron chi connectivity index (χ2n) is 11.3. The Balaban J connectivity index is 3.39. The van der Waals surface area contributed by atoms with E-state index in [0.29, 0.717) is 13.0 Å². The fraction of sp³-hybridized carbons (Fsp3) is 0.909. The van der Waals surface area contributed by atoms with E-state index in [1.807, 2.05) is 0 Å². The summed E-state index contributed by atoms with van der Waals surface area (Å²) in [6.07, 6.45) is 31.0. The van der Waals surface area contributed by atoms with E-state index in [1.54, 1.807) is 0 Å². The van der Waals surface area contributed by atoms with Gasteiger partial charge in [-0.3, -0.25) is 9.59 Å². The second-order valence-corrected chi connectivity index (χ2v) is 11.3. The predicted molar refractivity (Wildman–Crippen MR) is 164 cm³/mol. The zero-order valence-corrected chi connectivity index (χ0v) is 25.9. The Labute approximate surface area is 241 Å². The fourth-order valence-electron chi connectivity index (χ4n) is 4.83. The third-order valence-corrected chi connectivity index (χ3v) is 7.41. The number of hydrogen-bond donors (Lipinski definition) is 2. The van der Waals surface area contributed by atoms with Gasteiger partial charge in [0, 0.05) is 6.42 Å². The van der Waals surface area contributed by atoms with Gasteiger partial charge in [-0.25, -0.2) is 4.79 Å². The Kier molecular flexibility index (Phi) is 29.7. The quantitative estimate of drug-likeness (QED) is 0.0687. The number of urea groups is 1. The molecule has 0 spiro atoms. The van der Waals surface area contributed by atoms with Crippen LogP contribution in [0.25, 0.3) is 0 Å². The maximum absolute atomic E-state index is 12.0. The molecule has 0 heterocycles. The maximum Gasteiger partial charge on any atom is 0.325 e. The molecule has 2 amide bonds. The molecule has 6 heteroatoms. The molecule has 0 rings (SSSR count). The molecule has 39 heavy (non-hydrogen) atoms. The number of rotatable bonds is 30. The Morgan fingerprint density at radius 3 is 1.26 bits per heavy atom. The number of Topliss-reactive ketones (excluding diaryl/α,β-unsaturated/α-hetero) is 1. The van der Waals surface area contributed by atoms with Crippen LogP contribution in [0.3, 0.4) is 0 Å². The first-order valence-corrected chi connectivity index (χ1v) is 16.8. The van der Waals surface area contributed by atoms with Crippen molar-refractivity contribution in [3.05, 3.63) is 0 Å². The number of ether oxygens (including phenoxy) is 1. The summed E-state index contributed by atoms with van der Waals surface area (Å²) in [6.45, 7) is 4.73. The number of carbonyl (C=O) groups excluding carboxylic acids is 3. The van der Waals surface area contributed by atoms with Gasteiger partial charge in [-0.05, 0) is 12.8 Å². The van der Waals surface area contributed by atoms with Crippen molar-refractivity contribution in [2.45, 2.75) is 174 Å². The van der Waals surface area contributed by atoms with Gasteiger partial charge in [0.15, 0.2) is 5.78 Å². The van der Waals surface area contributed by atoms with Crippen molar-refractivity contribution in [2.75, 3.05) is 19.7 Å². The van der Waals surface area contributed by atoms with Crippen molar-refractivity contribution in [2.24, 2.45) is 0 Å². The highest BCUT2D eigenvalue weighted by Gasteiger charge is 2.08. The standard InChI is InChI=1S/C33H64N2O4/c1-3-5-7-9-11-13-14-15-16-17-18-19-20-21-23-25-27-31(36)29-34-33(38)35-30-32(37)39-28-26-24-22-12-10-8-6-4-2/h3-30H2,1-2H3,(H2,34,35,38). The van der Waals surface area contributed by atoms with E-state index >= 15 is 0 Å². The summed E-state index contributed by atoms with van der Waals surface area (Å²) in [5.41, 5.74) is 0. The molecule has 0 bridgehead atoms. The number of hydrogen-bond acceptors (Lipinski definition) is 4. The Morgan fingerprint density at radius 1 is 0.462 bits per heavy atom. The molecule has 0 radical (unpaired) electrons.